The Hall–Kier alpha value is -0.840. The lowest BCUT2D eigenvalue weighted by atomic mass is 10.3. The van der Waals surface area contributed by atoms with Gasteiger partial charge in [-0.2, -0.15) is 0 Å². The highest BCUT2D eigenvalue weighted by Gasteiger charge is 2.08. The first-order valence-corrected chi connectivity index (χ1v) is 5.08. The van der Waals surface area contributed by atoms with Crippen molar-refractivity contribution in [2.75, 3.05) is 18.5 Å². The third-order valence-electron chi connectivity index (χ3n) is 1.98. The Labute approximate surface area is 94.1 Å². The molecule has 1 atom stereocenters. The number of pyridine rings is 1. The van der Waals surface area contributed by atoms with Crippen LogP contribution in [0.15, 0.2) is 12.1 Å². The Bertz CT molecular complexity index is 331. The Kier molecular flexibility index (Phi) is 4.32. The van der Waals surface area contributed by atoms with Gasteiger partial charge in [-0.15, -0.1) is 0 Å². The van der Waals surface area contributed by atoms with E-state index < -0.39 is 6.10 Å². The van der Waals surface area contributed by atoms with E-state index >= 15 is 0 Å². The number of aliphatic hydroxyl groups is 2. The molecule has 0 saturated carbocycles. The summed E-state index contributed by atoms with van der Waals surface area (Å²) in [4.78, 5) is 5.98. The number of likely N-dealkylation sites (N-methyl/N-ethyl adjacent to an activating group) is 1. The predicted octanol–water partition coefficient (Wildman–Crippen LogP) is 1.04. The van der Waals surface area contributed by atoms with E-state index in [1.807, 2.05) is 7.05 Å². The third-order valence-corrected chi connectivity index (χ3v) is 2.33. The fourth-order valence-electron chi connectivity index (χ4n) is 1.29. The van der Waals surface area contributed by atoms with Gasteiger partial charge in [0.2, 0.25) is 0 Å². The average molecular weight is 231 g/mol. The number of nitrogens with zero attached hydrogens (tertiary/aromatic N) is 2. The first-order valence-electron chi connectivity index (χ1n) is 4.70. The lowest BCUT2D eigenvalue weighted by molar-refractivity contribution is 0.201. The average Bonchev–Trinajstić information content (AvgIpc) is 2.17. The minimum Gasteiger partial charge on any atom is -0.392 e. The second-order valence-corrected chi connectivity index (χ2v) is 3.89. The minimum absolute atomic E-state index is 0.185. The van der Waals surface area contributed by atoms with E-state index in [9.17, 15) is 5.11 Å². The highest BCUT2D eigenvalue weighted by atomic mass is 35.5. The van der Waals surface area contributed by atoms with Crippen molar-refractivity contribution < 1.29 is 10.2 Å². The van der Waals surface area contributed by atoms with E-state index in [2.05, 4.69) is 4.98 Å². The van der Waals surface area contributed by atoms with E-state index in [1.165, 1.54) is 0 Å². The molecule has 5 heteroatoms. The maximum Gasteiger partial charge on any atom is 0.128 e. The molecule has 0 radical (unpaired) electrons. The highest BCUT2D eigenvalue weighted by Crippen LogP contribution is 2.18. The molecule has 0 fully saturated rings. The molecule has 0 spiro atoms. The molecule has 15 heavy (non-hydrogen) atoms. The molecule has 0 aliphatic rings. The fraction of sp³-hybridized carbons (Fsp3) is 0.500. The lowest BCUT2D eigenvalue weighted by Crippen LogP contribution is -2.27. The molecular weight excluding hydrogens is 216 g/mol. The van der Waals surface area contributed by atoms with Crippen molar-refractivity contribution in [3.05, 3.63) is 22.8 Å². The third kappa shape index (κ3) is 3.34. The number of hydrogen-bond acceptors (Lipinski definition) is 4. The van der Waals surface area contributed by atoms with Gasteiger partial charge in [0.15, 0.2) is 0 Å². The summed E-state index contributed by atoms with van der Waals surface area (Å²) in [6.07, 6.45) is -0.426. The van der Waals surface area contributed by atoms with Crippen molar-refractivity contribution in [1.29, 1.82) is 0 Å². The summed E-state index contributed by atoms with van der Waals surface area (Å²) in [5, 5.41) is 18.7. The number of anilines is 1. The molecule has 4 nitrogen and oxygen atoms in total. The second kappa shape index (κ2) is 5.30. The first kappa shape index (κ1) is 12.2. The summed E-state index contributed by atoms with van der Waals surface area (Å²) >= 11 is 5.82. The summed E-state index contributed by atoms with van der Waals surface area (Å²) in [7, 11) is 1.82. The van der Waals surface area contributed by atoms with E-state index in [1.54, 1.807) is 24.0 Å². The van der Waals surface area contributed by atoms with Gasteiger partial charge in [0.1, 0.15) is 5.82 Å². The zero-order valence-corrected chi connectivity index (χ0v) is 9.57. The van der Waals surface area contributed by atoms with Gasteiger partial charge in [0, 0.05) is 13.6 Å². The number of aliphatic hydroxyl groups excluding tert-OH is 2. The van der Waals surface area contributed by atoms with E-state index in [0.29, 0.717) is 23.1 Å². The van der Waals surface area contributed by atoms with Crippen LogP contribution in [0.5, 0.6) is 0 Å². The van der Waals surface area contributed by atoms with Gasteiger partial charge in [-0.3, -0.25) is 0 Å². The molecule has 0 aliphatic heterocycles. The Morgan fingerprint density at radius 3 is 2.73 bits per heavy atom. The normalized spacial score (nSPS) is 12.6. The highest BCUT2D eigenvalue weighted by molar-refractivity contribution is 6.31. The van der Waals surface area contributed by atoms with Crippen LogP contribution < -0.4 is 4.90 Å². The largest absolute Gasteiger partial charge is 0.392 e. The van der Waals surface area contributed by atoms with Crippen molar-refractivity contribution in [2.45, 2.75) is 19.6 Å². The molecule has 1 unspecified atom stereocenters. The van der Waals surface area contributed by atoms with Crippen LogP contribution in [-0.4, -0.2) is 34.9 Å². The summed E-state index contributed by atoms with van der Waals surface area (Å²) < 4.78 is 0. The van der Waals surface area contributed by atoms with Crippen molar-refractivity contribution in [1.82, 2.24) is 4.98 Å². The number of halogens is 1. The topological polar surface area (TPSA) is 56.6 Å². The standard InChI is InChI=1S/C10H15ClN2O2/c1-7(15)5-13(2)10-4-3-8(11)9(6-14)12-10/h3-4,7,14-15H,5-6H2,1-2H3. The van der Waals surface area contributed by atoms with Crippen LogP contribution in [0.25, 0.3) is 0 Å². The molecule has 1 rings (SSSR count). The second-order valence-electron chi connectivity index (χ2n) is 3.49. The van der Waals surface area contributed by atoms with Crippen LogP contribution in [0.3, 0.4) is 0 Å². The minimum atomic E-state index is -0.426. The Morgan fingerprint density at radius 1 is 1.53 bits per heavy atom. The van der Waals surface area contributed by atoms with Crippen LogP contribution in [0.4, 0.5) is 5.82 Å². The smallest absolute Gasteiger partial charge is 0.128 e. The van der Waals surface area contributed by atoms with Crippen LogP contribution in [0.1, 0.15) is 12.6 Å². The quantitative estimate of drug-likeness (QED) is 0.812. The molecule has 0 aromatic carbocycles. The maximum absolute atomic E-state index is 9.22. The Balaban J connectivity index is 2.85. The van der Waals surface area contributed by atoms with Gasteiger partial charge in [-0.25, -0.2) is 4.98 Å². The van der Waals surface area contributed by atoms with Crippen molar-refractivity contribution in [3.8, 4) is 0 Å². The van der Waals surface area contributed by atoms with E-state index in [-0.39, 0.29) is 6.61 Å². The summed E-state index contributed by atoms with van der Waals surface area (Å²) in [5.41, 5.74) is 0.451. The number of rotatable bonds is 4. The Morgan fingerprint density at radius 2 is 2.20 bits per heavy atom. The van der Waals surface area contributed by atoms with Gasteiger partial charge < -0.3 is 15.1 Å². The fourth-order valence-corrected chi connectivity index (χ4v) is 1.45. The molecule has 0 saturated heterocycles. The molecule has 1 aromatic rings. The monoisotopic (exact) mass is 230 g/mol. The molecule has 1 aromatic heterocycles. The summed E-state index contributed by atoms with van der Waals surface area (Å²) in [6.45, 7) is 2.01. The number of hydrogen-bond donors (Lipinski definition) is 2. The molecular formula is C10H15ClN2O2. The maximum atomic E-state index is 9.22. The van der Waals surface area contributed by atoms with Gasteiger partial charge >= 0.3 is 0 Å². The summed E-state index contributed by atoms with van der Waals surface area (Å²) in [5.74, 6) is 0.685. The molecule has 84 valence electrons. The van der Waals surface area contributed by atoms with Gasteiger partial charge in [-0.1, -0.05) is 11.6 Å². The molecule has 2 N–H and O–H groups in total. The molecule has 0 amide bonds. The van der Waals surface area contributed by atoms with Gasteiger partial charge in [0.25, 0.3) is 0 Å². The van der Waals surface area contributed by atoms with Gasteiger partial charge in [0.05, 0.1) is 23.4 Å². The van der Waals surface area contributed by atoms with Crippen LogP contribution in [0.2, 0.25) is 5.02 Å². The van der Waals surface area contributed by atoms with Crippen LogP contribution in [-0.2, 0) is 6.61 Å². The molecule has 0 aliphatic carbocycles. The van der Waals surface area contributed by atoms with Crippen molar-refractivity contribution in [2.24, 2.45) is 0 Å². The molecule has 1 heterocycles. The van der Waals surface area contributed by atoms with Gasteiger partial charge in [-0.05, 0) is 19.1 Å². The van der Waals surface area contributed by atoms with Crippen LogP contribution in [0, 0.1) is 0 Å². The zero-order valence-electron chi connectivity index (χ0n) is 8.81. The lowest BCUT2D eigenvalue weighted by Gasteiger charge is -2.20. The van der Waals surface area contributed by atoms with Crippen molar-refractivity contribution in [3.63, 3.8) is 0 Å². The number of aromatic nitrogens is 1. The molecule has 0 bridgehead atoms. The van der Waals surface area contributed by atoms with Crippen LogP contribution >= 0.6 is 11.6 Å². The van der Waals surface area contributed by atoms with E-state index in [4.69, 9.17) is 16.7 Å². The SMILES string of the molecule is CC(O)CN(C)c1ccc(Cl)c(CO)n1. The first-order chi connectivity index (χ1) is 7.04. The zero-order chi connectivity index (χ0) is 11.4. The predicted molar refractivity (Wildman–Crippen MR) is 60.1 cm³/mol. The van der Waals surface area contributed by atoms with Crippen molar-refractivity contribution >= 4 is 17.4 Å². The van der Waals surface area contributed by atoms with E-state index in [0.717, 1.165) is 0 Å². The summed E-state index contributed by atoms with van der Waals surface area (Å²) in [6, 6.07) is 3.44.